The molecule has 0 saturated carbocycles. The standard InChI is InChI=1S/C22H17ClFNO/c23-18-10-8-16(9-11-18)21-20-7-2-1-4-15(20)12-13-25(21)22(26)17-5-3-6-19(24)14-17/h1-11,14,21H,12-13H2/t21-/m1/s1. The SMILES string of the molecule is O=C(c1cccc(F)c1)N1CCc2ccccc2[C@H]1c1ccc(Cl)cc1. The zero-order valence-electron chi connectivity index (χ0n) is 14.0. The maximum Gasteiger partial charge on any atom is 0.254 e. The van der Waals surface area contributed by atoms with Gasteiger partial charge < -0.3 is 4.90 Å². The van der Waals surface area contributed by atoms with Crippen LogP contribution in [0.25, 0.3) is 0 Å². The Bertz CT molecular complexity index is 954. The fraction of sp³-hybridized carbons (Fsp3) is 0.136. The topological polar surface area (TPSA) is 20.3 Å². The Labute approximate surface area is 156 Å². The van der Waals surface area contributed by atoms with Crippen LogP contribution in [0.1, 0.15) is 33.1 Å². The minimum Gasteiger partial charge on any atom is -0.327 e. The molecule has 0 bridgehead atoms. The minimum absolute atomic E-state index is 0.168. The number of fused-ring (bicyclic) bond motifs is 1. The number of carbonyl (C=O) groups is 1. The maximum atomic E-state index is 13.6. The Kier molecular flexibility index (Phi) is 4.48. The van der Waals surface area contributed by atoms with E-state index in [4.69, 9.17) is 11.6 Å². The number of halogens is 2. The molecule has 3 aromatic rings. The van der Waals surface area contributed by atoms with Crippen LogP contribution in [0, 0.1) is 5.82 Å². The summed E-state index contributed by atoms with van der Waals surface area (Å²) in [6.07, 6.45) is 0.779. The summed E-state index contributed by atoms with van der Waals surface area (Å²) in [7, 11) is 0. The summed E-state index contributed by atoms with van der Waals surface area (Å²) in [4.78, 5) is 15.0. The van der Waals surface area contributed by atoms with Crippen LogP contribution in [-0.2, 0) is 6.42 Å². The highest BCUT2D eigenvalue weighted by atomic mass is 35.5. The molecule has 4 heteroatoms. The molecule has 0 aliphatic carbocycles. The van der Waals surface area contributed by atoms with Gasteiger partial charge in [0.25, 0.3) is 5.91 Å². The second-order valence-corrected chi connectivity index (χ2v) is 6.85. The van der Waals surface area contributed by atoms with E-state index >= 15 is 0 Å². The van der Waals surface area contributed by atoms with Crippen LogP contribution in [0.2, 0.25) is 5.02 Å². The molecular formula is C22H17ClFNO. The van der Waals surface area contributed by atoms with Crippen molar-refractivity contribution in [2.75, 3.05) is 6.54 Å². The van der Waals surface area contributed by atoms with Gasteiger partial charge in [-0.1, -0.05) is 54.1 Å². The number of carbonyl (C=O) groups excluding carboxylic acids is 1. The average molecular weight is 366 g/mol. The van der Waals surface area contributed by atoms with Gasteiger partial charge in [-0.2, -0.15) is 0 Å². The smallest absolute Gasteiger partial charge is 0.254 e. The number of nitrogens with zero attached hydrogens (tertiary/aromatic N) is 1. The summed E-state index contributed by atoms with van der Waals surface area (Å²) in [6, 6.07) is 21.4. The van der Waals surface area contributed by atoms with Gasteiger partial charge >= 0.3 is 0 Å². The van der Waals surface area contributed by atoms with Crippen LogP contribution in [0.5, 0.6) is 0 Å². The van der Waals surface area contributed by atoms with E-state index in [0.29, 0.717) is 17.1 Å². The first-order valence-corrected chi connectivity index (χ1v) is 8.91. The molecule has 26 heavy (non-hydrogen) atoms. The van der Waals surface area contributed by atoms with Gasteiger partial charge in [0.15, 0.2) is 0 Å². The predicted octanol–water partition coefficient (Wildman–Crippen LogP) is 5.27. The van der Waals surface area contributed by atoms with Gasteiger partial charge in [-0.05, 0) is 53.4 Å². The average Bonchev–Trinajstić information content (AvgIpc) is 2.67. The lowest BCUT2D eigenvalue weighted by atomic mass is 9.87. The molecule has 130 valence electrons. The van der Waals surface area contributed by atoms with Crippen LogP contribution in [-0.4, -0.2) is 17.4 Å². The van der Waals surface area contributed by atoms with Crippen molar-refractivity contribution in [1.82, 2.24) is 4.90 Å². The van der Waals surface area contributed by atoms with Crippen molar-refractivity contribution in [3.63, 3.8) is 0 Å². The lowest BCUT2D eigenvalue weighted by Crippen LogP contribution is -2.40. The van der Waals surface area contributed by atoms with E-state index in [0.717, 1.165) is 17.5 Å². The summed E-state index contributed by atoms with van der Waals surface area (Å²) in [6.45, 7) is 0.583. The second-order valence-electron chi connectivity index (χ2n) is 6.41. The molecule has 0 radical (unpaired) electrons. The first kappa shape index (κ1) is 16.8. The molecule has 1 heterocycles. The molecule has 0 aromatic heterocycles. The number of hydrogen-bond acceptors (Lipinski definition) is 1. The lowest BCUT2D eigenvalue weighted by molar-refractivity contribution is 0.0694. The third-order valence-electron chi connectivity index (χ3n) is 4.80. The van der Waals surface area contributed by atoms with E-state index in [9.17, 15) is 9.18 Å². The van der Waals surface area contributed by atoms with Crippen molar-refractivity contribution in [2.24, 2.45) is 0 Å². The van der Waals surface area contributed by atoms with E-state index in [1.807, 2.05) is 41.3 Å². The molecular weight excluding hydrogens is 349 g/mol. The molecule has 0 fully saturated rings. The molecule has 1 atom stereocenters. The van der Waals surface area contributed by atoms with Crippen molar-refractivity contribution < 1.29 is 9.18 Å². The van der Waals surface area contributed by atoms with Crippen LogP contribution in [0.3, 0.4) is 0 Å². The Hall–Kier alpha value is -2.65. The van der Waals surface area contributed by atoms with Crippen LogP contribution in [0.4, 0.5) is 4.39 Å². The highest BCUT2D eigenvalue weighted by Gasteiger charge is 2.32. The summed E-state index contributed by atoms with van der Waals surface area (Å²) >= 11 is 6.04. The van der Waals surface area contributed by atoms with E-state index in [2.05, 4.69) is 12.1 Å². The van der Waals surface area contributed by atoms with E-state index in [1.54, 1.807) is 12.1 Å². The molecule has 2 nitrogen and oxygen atoms in total. The highest BCUT2D eigenvalue weighted by Crippen LogP contribution is 2.36. The quantitative estimate of drug-likeness (QED) is 0.606. The fourth-order valence-corrected chi connectivity index (χ4v) is 3.70. The van der Waals surface area contributed by atoms with Gasteiger partial charge in [0.2, 0.25) is 0 Å². The summed E-state index contributed by atoms with van der Waals surface area (Å²) in [5.74, 6) is -0.574. The number of rotatable bonds is 2. The number of amides is 1. The van der Waals surface area contributed by atoms with Crippen molar-refractivity contribution in [1.29, 1.82) is 0 Å². The molecule has 4 rings (SSSR count). The molecule has 0 N–H and O–H groups in total. The van der Waals surface area contributed by atoms with Gasteiger partial charge in [-0.25, -0.2) is 4.39 Å². The Morgan fingerprint density at radius 3 is 2.54 bits per heavy atom. The van der Waals surface area contributed by atoms with Crippen molar-refractivity contribution >= 4 is 17.5 Å². The Balaban J connectivity index is 1.80. The molecule has 0 saturated heterocycles. The lowest BCUT2D eigenvalue weighted by Gasteiger charge is -2.38. The van der Waals surface area contributed by atoms with Crippen molar-refractivity contribution in [3.05, 3.63) is 106 Å². The zero-order chi connectivity index (χ0) is 18.1. The monoisotopic (exact) mass is 365 g/mol. The Morgan fingerprint density at radius 2 is 1.77 bits per heavy atom. The van der Waals surface area contributed by atoms with Crippen LogP contribution >= 0.6 is 11.6 Å². The molecule has 0 unspecified atom stereocenters. The summed E-state index contributed by atoms with van der Waals surface area (Å²) in [5, 5.41) is 0.654. The number of hydrogen-bond donors (Lipinski definition) is 0. The van der Waals surface area contributed by atoms with Crippen LogP contribution < -0.4 is 0 Å². The van der Waals surface area contributed by atoms with Crippen molar-refractivity contribution in [2.45, 2.75) is 12.5 Å². The molecule has 3 aromatic carbocycles. The molecule has 1 aliphatic heterocycles. The second kappa shape index (κ2) is 6.93. The minimum atomic E-state index is -0.406. The molecule has 1 aliphatic rings. The van der Waals surface area contributed by atoms with Gasteiger partial charge in [0, 0.05) is 17.1 Å². The van der Waals surface area contributed by atoms with Gasteiger partial charge in [-0.3, -0.25) is 4.79 Å². The zero-order valence-corrected chi connectivity index (χ0v) is 14.8. The number of benzene rings is 3. The van der Waals surface area contributed by atoms with Gasteiger partial charge in [-0.15, -0.1) is 0 Å². The summed E-state index contributed by atoms with van der Waals surface area (Å²) in [5.41, 5.74) is 3.69. The fourth-order valence-electron chi connectivity index (χ4n) is 3.58. The third kappa shape index (κ3) is 3.11. The van der Waals surface area contributed by atoms with Gasteiger partial charge in [0.1, 0.15) is 5.82 Å². The molecule has 1 amide bonds. The first-order valence-electron chi connectivity index (χ1n) is 8.53. The van der Waals surface area contributed by atoms with E-state index < -0.39 is 5.82 Å². The first-order chi connectivity index (χ1) is 12.6. The third-order valence-corrected chi connectivity index (χ3v) is 5.05. The van der Waals surface area contributed by atoms with E-state index in [1.165, 1.54) is 17.7 Å². The van der Waals surface area contributed by atoms with Crippen molar-refractivity contribution in [3.8, 4) is 0 Å². The largest absolute Gasteiger partial charge is 0.327 e. The van der Waals surface area contributed by atoms with Gasteiger partial charge in [0.05, 0.1) is 6.04 Å². The van der Waals surface area contributed by atoms with E-state index in [-0.39, 0.29) is 11.9 Å². The molecule has 0 spiro atoms. The highest BCUT2D eigenvalue weighted by molar-refractivity contribution is 6.30. The van der Waals surface area contributed by atoms with Crippen LogP contribution in [0.15, 0.2) is 72.8 Å². The normalized spacial score (nSPS) is 16.2. The summed E-state index contributed by atoms with van der Waals surface area (Å²) < 4.78 is 13.6. The maximum absolute atomic E-state index is 13.6. The Morgan fingerprint density at radius 1 is 1.00 bits per heavy atom. The predicted molar refractivity (Wildman–Crippen MR) is 101 cm³/mol.